The van der Waals surface area contributed by atoms with Crippen LogP contribution in [0.4, 0.5) is 0 Å². The highest BCUT2D eigenvalue weighted by Gasteiger charge is 2.53. The van der Waals surface area contributed by atoms with Crippen LogP contribution in [0.15, 0.2) is 62.4 Å². The zero-order chi connectivity index (χ0) is 22.0. The molecule has 0 aromatic heterocycles. The van der Waals surface area contributed by atoms with Gasteiger partial charge in [0.05, 0.1) is 29.7 Å². The molecule has 4 aliphatic rings. The van der Waals surface area contributed by atoms with Crippen LogP contribution in [-0.2, 0) is 24.8 Å². The third kappa shape index (κ3) is 2.95. The van der Waals surface area contributed by atoms with Crippen molar-refractivity contribution in [3.63, 3.8) is 0 Å². The third-order valence-corrected chi connectivity index (χ3v) is 9.07. The van der Waals surface area contributed by atoms with Gasteiger partial charge < -0.3 is 10.1 Å². The minimum Gasteiger partial charge on any atom is -0.379 e. The van der Waals surface area contributed by atoms with Crippen LogP contribution in [0.1, 0.15) is 45.6 Å². The van der Waals surface area contributed by atoms with Crippen molar-refractivity contribution < 1.29 is 17.9 Å². The summed E-state index contributed by atoms with van der Waals surface area (Å²) < 4.78 is 31.3. The summed E-state index contributed by atoms with van der Waals surface area (Å²) in [6.45, 7) is 6.69. The van der Waals surface area contributed by atoms with Crippen LogP contribution in [0.2, 0.25) is 0 Å². The van der Waals surface area contributed by atoms with Gasteiger partial charge >= 0.3 is 0 Å². The van der Waals surface area contributed by atoms with Crippen LogP contribution in [-0.4, -0.2) is 38.8 Å². The quantitative estimate of drug-likeness (QED) is 0.772. The average Bonchev–Trinajstić information content (AvgIpc) is 3.12. The molecule has 1 aromatic rings. The van der Waals surface area contributed by atoms with Gasteiger partial charge in [-0.15, -0.1) is 0 Å². The first-order valence-electron chi connectivity index (χ1n) is 10.7. The molecule has 0 spiro atoms. The molecule has 2 atom stereocenters. The number of ether oxygens (including phenoxy) is 1. The molecule has 0 saturated carbocycles. The summed E-state index contributed by atoms with van der Waals surface area (Å²) in [4.78, 5) is 13.8. The second-order valence-corrected chi connectivity index (χ2v) is 11.9. The number of allylic oxidation sites excluding steroid dienone is 2. The van der Waals surface area contributed by atoms with Crippen molar-refractivity contribution in [2.24, 2.45) is 15.6 Å². The molecule has 164 valence electrons. The third-order valence-electron chi connectivity index (χ3n) is 7.01. The Morgan fingerprint density at radius 1 is 1.23 bits per heavy atom. The Hall–Kier alpha value is -2.32. The van der Waals surface area contributed by atoms with Gasteiger partial charge in [-0.2, -0.15) is 10.2 Å². The number of Topliss-reactive ketones (excluding diaryl/α,β-unsaturated/α-hetero) is 1. The molecule has 8 heteroatoms. The van der Waals surface area contributed by atoms with Gasteiger partial charge in [0.15, 0.2) is 21.8 Å². The molecule has 0 amide bonds. The van der Waals surface area contributed by atoms with E-state index in [0.29, 0.717) is 12.8 Å². The lowest BCUT2D eigenvalue weighted by atomic mass is 9.59. The largest absolute Gasteiger partial charge is 0.379 e. The number of azo groups is 1. The van der Waals surface area contributed by atoms with E-state index in [0.717, 1.165) is 28.8 Å². The van der Waals surface area contributed by atoms with Crippen molar-refractivity contribution in [3.05, 3.63) is 52.9 Å². The van der Waals surface area contributed by atoms with E-state index in [1.54, 1.807) is 24.4 Å². The number of rotatable bonds is 4. The van der Waals surface area contributed by atoms with Crippen molar-refractivity contribution in [3.8, 4) is 0 Å². The maximum absolute atomic E-state index is 13.5. The number of fused-ring (bicyclic) bond motifs is 1. The van der Waals surface area contributed by atoms with Crippen LogP contribution in [0.25, 0.3) is 0 Å². The summed E-state index contributed by atoms with van der Waals surface area (Å²) in [7, 11) is -3.49. The summed E-state index contributed by atoms with van der Waals surface area (Å²) in [6, 6.07) is 7.09. The Bertz CT molecular complexity index is 1160. The molecule has 5 rings (SSSR count). The molecule has 1 aliphatic carbocycles. The lowest BCUT2D eigenvalue weighted by molar-refractivity contribution is -0.119. The zero-order valence-corrected chi connectivity index (χ0v) is 18.8. The molecular formula is C23H27N3O4S. The number of sulfone groups is 1. The Morgan fingerprint density at radius 3 is 2.68 bits per heavy atom. The monoisotopic (exact) mass is 441 g/mol. The van der Waals surface area contributed by atoms with Crippen molar-refractivity contribution in [1.29, 1.82) is 0 Å². The fourth-order valence-electron chi connectivity index (χ4n) is 5.41. The van der Waals surface area contributed by atoms with E-state index in [9.17, 15) is 13.2 Å². The molecule has 0 bridgehead atoms. The van der Waals surface area contributed by atoms with E-state index in [1.807, 2.05) is 13.0 Å². The summed E-state index contributed by atoms with van der Waals surface area (Å²) >= 11 is 0. The topological polar surface area (TPSA) is 97.2 Å². The minimum absolute atomic E-state index is 0.104. The van der Waals surface area contributed by atoms with Crippen LogP contribution in [0.3, 0.4) is 0 Å². The number of benzene rings is 1. The molecule has 1 fully saturated rings. The first-order chi connectivity index (χ1) is 14.7. The Labute approximate surface area is 182 Å². The highest BCUT2D eigenvalue weighted by atomic mass is 32.2. The summed E-state index contributed by atoms with van der Waals surface area (Å²) in [5, 5.41) is 11.4. The Morgan fingerprint density at radius 2 is 2.00 bits per heavy atom. The van der Waals surface area contributed by atoms with Gasteiger partial charge in [0.25, 0.3) is 0 Å². The number of ketones is 1. The maximum atomic E-state index is 13.5. The van der Waals surface area contributed by atoms with E-state index in [4.69, 9.17) is 4.74 Å². The number of carbonyl (C=O) groups is 1. The first kappa shape index (κ1) is 20.6. The van der Waals surface area contributed by atoms with E-state index >= 15 is 0 Å². The molecule has 7 nitrogen and oxygen atoms in total. The van der Waals surface area contributed by atoms with Gasteiger partial charge in [-0.25, -0.2) is 8.42 Å². The van der Waals surface area contributed by atoms with Crippen molar-refractivity contribution in [1.82, 2.24) is 5.32 Å². The molecule has 0 radical (unpaired) electrons. The Kier molecular flexibility index (Phi) is 4.54. The van der Waals surface area contributed by atoms with Crippen LogP contribution in [0.5, 0.6) is 0 Å². The van der Waals surface area contributed by atoms with Gasteiger partial charge in [-0.05, 0) is 36.0 Å². The van der Waals surface area contributed by atoms with Crippen molar-refractivity contribution >= 4 is 15.6 Å². The van der Waals surface area contributed by atoms with E-state index < -0.39 is 20.5 Å². The fraction of sp³-hybridized carbons (Fsp3) is 0.522. The number of nitrogens with one attached hydrogen (secondary N) is 1. The molecule has 3 heterocycles. The zero-order valence-electron chi connectivity index (χ0n) is 18.0. The van der Waals surface area contributed by atoms with Crippen LogP contribution >= 0.6 is 0 Å². The van der Waals surface area contributed by atoms with Gasteiger partial charge in [0.2, 0.25) is 0 Å². The molecule has 1 aromatic carbocycles. The number of nitrogens with zero attached hydrogens (tertiary/aromatic N) is 2. The van der Waals surface area contributed by atoms with E-state index in [-0.39, 0.29) is 35.5 Å². The SMILES string of the molecule is CC[C@]1(c2cccc(S(=O)(=O)C3COC3)c2)C2=CN=NC2NC2=C1C(=O)CC(C)(C)C2. The Balaban J connectivity index is 1.72. The number of hydrogen-bond acceptors (Lipinski definition) is 7. The van der Waals surface area contributed by atoms with Gasteiger partial charge in [-0.3, -0.25) is 4.79 Å². The van der Waals surface area contributed by atoms with Crippen LogP contribution < -0.4 is 5.32 Å². The van der Waals surface area contributed by atoms with Crippen molar-refractivity contribution in [2.45, 2.75) is 61.8 Å². The first-order valence-corrected chi connectivity index (χ1v) is 12.3. The normalized spacial score (nSPS) is 29.7. The molecule has 3 aliphatic heterocycles. The highest BCUT2D eigenvalue weighted by Crippen LogP contribution is 2.53. The lowest BCUT2D eigenvalue weighted by Gasteiger charge is -2.47. The number of hydrogen-bond donors (Lipinski definition) is 1. The predicted octanol–water partition coefficient (Wildman–Crippen LogP) is 3.43. The summed E-state index contributed by atoms with van der Waals surface area (Å²) in [5.74, 6) is 0.104. The predicted molar refractivity (Wildman–Crippen MR) is 115 cm³/mol. The van der Waals surface area contributed by atoms with E-state index in [2.05, 4.69) is 29.4 Å². The summed E-state index contributed by atoms with van der Waals surface area (Å²) in [5.41, 5.74) is 2.47. The maximum Gasteiger partial charge on any atom is 0.185 e. The molecule has 31 heavy (non-hydrogen) atoms. The van der Waals surface area contributed by atoms with E-state index in [1.165, 1.54) is 0 Å². The highest BCUT2D eigenvalue weighted by molar-refractivity contribution is 7.92. The van der Waals surface area contributed by atoms with Gasteiger partial charge in [-0.1, -0.05) is 32.9 Å². The molecule has 1 saturated heterocycles. The van der Waals surface area contributed by atoms with Crippen molar-refractivity contribution in [2.75, 3.05) is 13.2 Å². The molecule has 1 N–H and O–H groups in total. The lowest BCUT2D eigenvalue weighted by Crippen LogP contribution is -2.51. The second kappa shape index (κ2) is 6.84. The van der Waals surface area contributed by atoms with Crippen LogP contribution in [0, 0.1) is 5.41 Å². The standard InChI is InChI=1S/C23H27N3O4S/c1-4-23(14-6-5-7-15(8-14)31(28,29)16-12-30-13-16)17-11-24-26-21(17)25-18-9-22(2,3)10-19(27)20(18)23/h5-8,11,16,21,25H,4,9-10,12-13H2,1-3H3/t21?,23-/m0/s1. The fourth-order valence-corrected chi connectivity index (χ4v) is 6.91. The smallest absolute Gasteiger partial charge is 0.185 e. The average molecular weight is 442 g/mol. The number of carbonyl (C=O) groups excluding carboxylic acids is 1. The summed E-state index contributed by atoms with van der Waals surface area (Å²) in [6.07, 6.45) is 3.22. The van der Waals surface area contributed by atoms with Gasteiger partial charge in [0, 0.05) is 23.3 Å². The second-order valence-electron chi connectivity index (χ2n) is 9.65. The molecule has 1 unspecified atom stereocenters. The minimum atomic E-state index is -3.49. The van der Waals surface area contributed by atoms with Gasteiger partial charge in [0.1, 0.15) is 5.25 Å². The molecular weight excluding hydrogens is 414 g/mol.